The van der Waals surface area contributed by atoms with Crippen LogP contribution in [0, 0.1) is 0 Å². The van der Waals surface area contributed by atoms with E-state index in [0.29, 0.717) is 13.0 Å². The standard InChI is InChI=1S/C15H20FN3/c1-15(2,3)9-4-5-11-12(6-9)19-14(18-11)13-7-10(16)8-17-13/h4-6,10,13,17H,7-8H2,1-3H3,(H,18,19). The SMILES string of the molecule is CC(C)(C)c1ccc2nc(C3CC(F)CN3)[nH]c2c1. The molecule has 1 aromatic heterocycles. The summed E-state index contributed by atoms with van der Waals surface area (Å²) in [5, 5.41) is 3.16. The molecule has 3 rings (SSSR count). The molecule has 1 aliphatic rings. The molecule has 0 aliphatic carbocycles. The molecule has 2 heterocycles. The van der Waals surface area contributed by atoms with Gasteiger partial charge in [0.25, 0.3) is 0 Å². The average Bonchev–Trinajstić information content (AvgIpc) is 2.92. The second kappa shape index (κ2) is 4.30. The minimum Gasteiger partial charge on any atom is -0.341 e. The van der Waals surface area contributed by atoms with Gasteiger partial charge in [0, 0.05) is 13.0 Å². The van der Waals surface area contributed by atoms with Gasteiger partial charge >= 0.3 is 0 Å². The third-order valence-electron chi connectivity index (χ3n) is 3.77. The van der Waals surface area contributed by atoms with Crippen molar-refractivity contribution in [1.82, 2.24) is 15.3 Å². The second-order valence-electron chi connectivity index (χ2n) is 6.40. The van der Waals surface area contributed by atoms with E-state index >= 15 is 0 Å². The summed E-state index contributed by atoms with van der Waals surface area (Å²) in [6.07, 6.45) is -0.255. The lowest BCUT2D eigenvalue weighted by atomic mass is 9.87. The van der Waals surface area contributed by atoms with Crippen LogP contribution >= 0.6 is 0 Å². The molecule has 1 aliphatic heterocycles. The zero-order valence-corrected chi connectivity index (χ0v) is 11.6. The predicted molar refractivity (Wildman–Crippen MR) is 75.1 cm³/mol. The van der Waals surface area contributed by atoms with E-state index in [2.05, 4.69) is 48.2 Å². The van der Waals surface area contributed by atoms with Gasteiger partial charge in [0.2, 0.25) is 0 Å². The summed E-state index contributed by atoms with van der Waals surface area (Å²) in [5.74, 6) is 0.848. The van der Waals surface area contributed by atoms with Crippen LogP contribution in [0.15, 0.2) is 18.2 Å². The third-order valence-corrected chi connectivity index (χ3v) is 3.77. The van der Waals surface area contributed by atoms with Crippen LogP contribution in [0.4, 0.5) is 4.39 Å². The van der Waals surface area contributed by atoms with E-state index < -0.39 is 6.17 Å². The van der Waals surface area contributed by atoms with Gasteiger partial charge in [-0.15, -0.1) is 0 Å². The number of hydrogen-bond donors (Lipinski definition) is 2. The Morgan fingerprint density at radius 3 is 2.74 bits per heavy atom. The number of H-pyrrole nitrogens is 1. The van der Waals surface area contributed by atoms with Crippen LogP contribution < -0.4 is 5.32 Å². The quantitative estimate of drug-likeness (QED) is 0.827. The number of aromatic amines is 1. The summed E-state index contributed by atoms with van der Waals surface area (Å²) in [6.45, 7) is 7.00. The van der Waals surface area contributed by atoms with Gasteiger partial charge in [0.15, 0.2) is 0 Å². The largest absolute Gasteiger partial charge is 0.341 e. The van der Waals surface area contributed by atoms with Gasteiger partial charge in [-0.2, -0.15) is 0 Å². The summed E-state index contributed by atoms with van der Waals surface area (Å²) in [7, 11) is 0. The molecule has 1 fully saturated rings. The molecule has 2 aromatic rings. The van der Waals surface area contributed by atoms with E-state index in [4.69, 9.17) is 0 Å². The Labute approximate surface area is 112 Å². The first kappa shape index (κ1) is 12.6. The Morgan fingerprint density at radius 2 is 2.11 bits per heavy atom. The lowest BCUT2D eigenvalue weighted by molar-refractivity contribution is 0.355. The van der Waals surface area contributed by atoms with Crippen molar-refractivity contribution in [3.8, 4) is 0 Å². The minimum atomic E-state index is -0.761. The van der Waals surface area contributed by atoms with Crippen LogP contribution in [0.25, 0.3) is 11.0 Å². The smallest absolute Gasteiger partial charge is 0.124 e. The van der Waals surface area contributed by atoms with Crippen LogP contribution in [0.1, 0.15) is 44.6 Å². The number of nitrogens with zero attached hydrogens (tertiary/aromatic N) is 1. The molecule has 2 N–H and O–H groups in total. The van der Waals surface area contributed by atoms with Gasteiger partial charge in [-0.05, 0) is 23.1 Å². The first-order chi connectivity index (χ1) is 8.93. The van der Waals surface area contributed by atoms with E-state index in [1.54, 1.807) is 0 Å². The summed E-state index contributed by atoms with van der Waals surface area (Å²) in [6, 6.07) is 6.32. The molecule has 0 radical (unpaired) electrons. The molecular formula is C15H20FN3. The fraction of sp³-hybridized carbons (Fsp3) is 0.533. The third kappa shape index (κ3) is 2.37. The Balaban J connectivity index is 1.97. The highest BCUT2D eigenvalue weighted by atomic mass is 19.1. The Hall–Kier alpha value is -1.42. The number of aromatic nitrogens is 2. The molecule has 2 atom stereocenters. The van der Waals surface area contributed by atoms with Crippen molar-refractivity contribution in [2.45, 2.75) is 44.8 Å². The Bertz CT molecular complexity index is 597. The first-order valence-electron chi connectivity index (χ1n) is 6.81. The van der Waals surface area contributed by atoms with Crippen molar-refractivity contribution in [1.29, 1.82) is 0 Å². The Kier molecular flexibility index (Phi) is 2.86. The second-order valence-corrected chi connectivity index (χ2v) is 6.40. The molecule has 0 saturated carbocycles. The highest BCUT2D eigenvalue weighted by Crippen LogP contribution is 2.28. The molecule has 0 bridgehead atoms. The first-order valence-corrected chi connectivity index (χ1v) is 6.81. The molecule has 3 nitrogen and oxygen atoms in total. The van der Waals surface area contributed by atoms with Crippen LogP contribution in [0.5, 0.6) is 0 Å². The van der Waals surface area contributed by atoms with Gasteiger partial charge in [-0.1, -0.05) is 26.8 Å². The van der Waals surface area contributed by atoms with Gasteiger partial charge in [-0.3, -0.25) is 0 Å². The van der Waals surface area contributed by atoms with Crippen LogP contribution in [-0.4, -0.2) is 22.7 Å². The molecule has 1 aromatic carbocycles. The molecule has 0 amide bonds. The topological polar surface area (TPSA) is 40.7 Å². The maximum Gasteiger partial charge on any atom is 0.124 e. The van der Waals surface area contributed by atoms with Crippen molar-refractivity contribution in [3.05, 3.63) is 29.6 Å². The van der Waals surface area contributed by atoms with E-state index in [0.717, 1.165) is 16.9 Å². The van der Waals surface area contributed by atoms with E-state index in [1.807, 2.05) is 6.07 Å². The van der Waals surface area contributed by atoms with Crippen molar-refractivity contribution >= 4 is 11.0 Å². The average molecular weight is 261 g/mol. The van der Waals surface area contributed by atoms with Crippen molar-refractivity contribution in [3.63, 3.8) is 0 Å². The molecular weight excluding hydrogens is 241 g/mol. The zero-order chi connectivity index (χ0) is 13.6. The fourth-order valence-electron chi connectivity index (χ4n) is 2.56. The number of fused-ring (bicyclic) bond motifs is 1. The number of imidazole rings is 1. The monoisotopic (exact) mass is 261 g/mol. The molecule has 102 valence electrons. The molecule has 4 heteroatoms. The summed E-state index contributed by atoms with van der Waals surface area (Å²) >= 11 is 0. The molecule has 1 saturated heterocycles. The lowest BCUT2D eigenvalue weighted by Crippen LogP contribution is -2.14. The van der Waals surface area contributed by atoms with Gasteiger partial charge < -0.3 is 10.3 Å². The van der Waals surface area contributed by atoms with Crippen LogP contribution in [-0.2, 0) is 5.41 Å². The summed E-state index contributed by atoms with van der Waals surface area (Å²) in [5.41, 5.74) is 3.38. The lowest BCUT2D eigenvalue weighted by Gasteiger charge is -2.18. The number of halogens is 1. The molecule has 19 heavy (non-hydrogen) atoms. The maximum absolute atomic E-state index is 13.2. The highest BCUT2D eigenvalue weighted by Gasteiger charge is 2.27. The minimum absolute atomic E-state index is 0.0143. The van der Waals surface area contributed by atoms with Crippen molar-refractivity contribution < 1.29 is 4.39 Å². The summed E-state index contributed by atoms with van der Waals surface area (Å²) in [4.78, 5) is 7.90. The summed E-state index contributed by atoms with van der Waals surface area (Å²) < 4.78 is 13.2. The van der Waals surface area contributed by atoms with Crippen LogP contribution in [0.2, 0.25) is 0 Å². The van der Waals surface area contributed by atoms with Crippen molar-refractivity contribution in [2.24, 2.45) is 0 Å². The molecule has 2 unspecified atom stereocenters. The number of benzene rings is 1. The number of alkyl halides is 1. The predicted octanol–water partition coefficient (Wildman–Crippen LogP) is 3.23. The van der Waals surface area contributed by atoms with Gasteiger partial charge in [0.05, 0.1) is 17.1 Å². The highest BCUT2D eigenvalue weighted by molar-refractivity contribution is 5.76. The maximum atomic E-state index is 13.2. The fourth-order valence-corrected chi connectivity index (χ4v) is 2.56. The van der Waals surface area contributed by atoms with E-state index in [-0.39, 0.29) is 11.5 Å². The number of hydrogen-bond acceptors (Lipinski definition) is 2. The van der Waals surface area contributed by atoms with Crippen molar-refractivity contribution in [2.75, 3.05) is 6.54 Å². The van der Waals surface area contributed by atoms with Gasteiger partial charge in [-0.25, -0.2) is 9.37 Å². The normalized spacial score (nSPS) is 24.2. The van der Waals surface area contributed by atoms with Gasteiger partial charge in [0.1, 0.15) is 12.0 Å². The number of rotatable bonds is 1. The van der Waals surface area contributed by atoms with Crippen LogP contribution in [0.3, 0.4) is 0 Å². The molecule has 0 spiro atoms. The number of nitrogens with one attached hydrogen (secondary N) is 2. The van der Waals surface area contributed by atoms with E-state index in [1.165, 1.54) is 5.56 Å². The van der Waals surface area contributed by atoms with E-state index in [9.17, 15) is 4.39 Å². The zero-order valence-electron chi connectivity index (χ0n) is 11.6. The Morgan fingerprint density at radius 1 is 1.32 bits per heavy atom.